The molecule has 3 heteroatoms. The number of anilines is 1. The fourth-order valence-corrected chi connectivity index (χ4v) is 2.08. The maximum Gasteiger partial charge on any atom is 0.0728 e. The summed E-state index contributed by atoms with van der Waals surface area (Å²) in [5.41, 5.74) is 11.4. The van der Waals surface area contributed by atoms with Crippen LogP contribution in [0.25, 0.3) is 11.1 Å². The van der Waals surface area contributed by atoms with Crippen molar-refractivity contribution in [2.75, 3.05) is 5.73 Å². The van der Waals surface area contributed by atoms with Gasteiger partial charge < -0.3 is 5.73 Å². The van der Waals surface area contributed by atoms with E-state index in [0.29, 0.717) is 5.92 Å². The average molecular weight is 229 g/mol. The van der Waals surface area contributed by atoms with E-state index in [4.69, 9.17) is 5.73 Å². The third kappa shape index (κ3) is 2.05. The van der Waals surface area contributed by atoms with Gasteiger partial charge in [-0.3, -0.25) is 4.68 Å². The Morgan fingerprint density at radius 3 is 2.59 bits per heavy atom. The number of aromatic nitrogens is 2. The molecule has 2 aromatic rings. The molecule has 0 aliphatic carbocycles. The molecule has 0 spiro atoms. The van der Waals surface area contributed by atoms with Crippen molar-refractivity contribution in [3.05, 3.63) is 35.7 Å². The fraction of sp³-hybridized carbons (Fsp3) is 0.357. The molecular formula is C14H19N3. The summed E-state index contributed by atoms with van der Waals surface area (Å²) in [6, 6.07) is 6.04. The molecule has 1 heterocycles. The second-order valence-electron chi connectivity index (χ2n) is 4.78. The van der Waals surface area contributed by atoms with Crippen LogP contribution in [0.5, 0.6) is 0 Å². The third-order valence-electron chi connectivity index (χ3n) is 3.07. The van der Waals surface area contributed by atoms with Crippen LogP contribution in [0.1, 0.15) is 31.0 Å². The molecule has 0 aliphatic rings. The van der Waals surface area contributed by atoms with Gasteiger partial charge in [-0.2, -0.15) is 5.10 Å². The lowest BCUT2D eigenvalue weighted by molar-refractivity contribution is 0.713. The van der Waals surface area contributed by atoms with Gasteiger partial charge in [0.1, 0.15) is 0 Å². The number of hydrogen-bond acceptors (Lipinski definition) is 2. The lowest BCUT2D eigenvalue weighted by atomic mass is 9.96. The first-order valence-corrected chi connectivity index (χ1v) is 5.89. The molecule has 1 aromatic heterocycles. The van der Waals surface area contributed by atoms with Crippen molar-refractivity contribution in [2.45, 2.75) is 26.7 Å². The van der Waals surface area contributed by atoms with Crippen LogP contribution in [0.2, 0.25) is 0 Å². The van der Waals surface area contributed by atoms with Gasteiger partial charge in [-0.15, -0.1) is 0 Å². The highest BCUT2D eigenvalue weighted by Gasteiger charge is 2.15. The molecule has 0 bridgehead atoms. The van der Waals surface area contributed by atoms with Crippen molar-refractivity contribution >= 4 is 5.69 Å². The largest absolute Gasteiger partial charge is 0.398 e. The SMILES string of the molecule is Cc1c(N)cccc1-c1cn(C)nc1C(C)C. The molecule has 0 radical (unpaired) electrons. The molecule has 3 nitrogen and oxygen atoms in total. The molecule has 0 fully saturated rings. The quantitative estimate of drug-likeness (QED) is 0.804. The predicted octanol–water partition coefficient (Wildman–Crippen LogP) is 3.10. The number of nitrogens with zero attached hydrogens (tertiary/aromatic N) is 2. The maximum atomic E-state index is 5.96. The Morgan fingerprint density at radius 1 is 1.24 bits per heavy atom. The lowest BCUT2D eigenvalue weighted by Gasteiger charge is -2.09. The van der Waals surface area contributed by atoms with Crippen LogP contribution in [-0.2, 0) is 7.05 Å². The number of benzene rings is 1. The highest BCUT2D eigenvalue weighted by Crippen LogP contribution is 2.32. The van der Waals surface area contributed by atoms with Crippen molar-refractivity contribution in [3.63, 3.8) is 0 Å². The number of hydrogen-bond donors (Lipinski definition) is 1. The van der Waals surface area contributed by atoms with Gasteiger partial charge in [-0.05, 0) is 30.0 Å². The summed E-state index contributed by atoms with van der Waals surface area (Å²) < 4.78 is 1.87. The molecular weight excluding hydrogens is 210 g/mol. The first kappa shape index (κ1) is 11.7. The summed E-state index contributed by atoms with van der Waals surface area (Å²) in [6.45, 7) is 6.38. The van der Waals surface area contributed by atoms with Crippen LogP contribution in [0.3, 0.4) is 0 Å². The van der Waals surface area contributed by atoms with E-state index in [1.807, 2.05) is 23.9 Å². The maximum absolute atomic E-state index is 5.96. The van der Waals surface area contributed by atoms with Crippen molar-refractivity contribution < 1.29 is 0 Å². The summed E-state index contributed by atoms with van der Waals surface area (Å²) in [5.74, 6) is 0.409. The predicted molar refractivity (Wildman–Crippen MR) is 71.9 cm³/mol. The van der Waals surface area contributed by atoms with E-state index >= 15 is 0 Å². The number of nitrogens with two attached hydrogens (primary N) is 1. The fourth-order valence-electron chi connectivity index (χ4n) is 2.08. The Balaban J connectivity index is 2.64. The van der Waals surface area contributed by atoms with Gasteiger partial charge in [-0.25, -0.2) is 0 Å². The standard InChI is InChI=1S/C14H19N3/c1-9(2)14-12(8-17(4)16-14)11-6-5-7-13(15)10(11)3/h5-9H,15H2,1-4H3. The van der Waals surface area contributed by atoms with Gasteiger partial charge in [-0.1, -0.05) is 26.0 Å². The average Bonchev–Trinajstić information content (AvgIpc) is 2.64. The normalized spacial score (nSPS) is 11.1. The zero-order valence-corrected chi connectivity index (χ0v) is 10.9. The van der Waals surface area contributed by atoms with Gasteiger partial charge in [0.15, 0.2) is 0 Å². The second kappa shape index (κ2) is 4.24. The smallest absolute Gasteiger partial charge is 0.0728 e. The summed E-state index contributed by atoms with van der Waals surface area (Å²) >= 11 is 0. The molecule has 2 N–H and O–H groups in total. The van der Waals surface area contributed by atoms with Crippen LogP contribution in [0, 0.1) is 6.92 Å². The van der Waals surface area contributed by atoms with Gasteiger partial charge in [0.2, 0.25) is 0 Å². The van der Waals surface area contributed by atoms with Crippen LogP contribution in [0.15, 0.2) is 24.4 Å². The van der Waals surface area contributed by atoms with E-state index < -0.39 is 0 Å². The van der Waals surface area contributed by atoms with Gasteiger partial charge in [0.25, 0.3) is 0 Å². The van der Waals surface area contributed by atoms with Crippen LogP contribution < -0.4 is 5.73 Å². The molecule has 17 heavy (non-hydrogen) atoms. The zero-order valence-electron chi connectivity index (χ0n) is 10.9. The number of rotatable bonds is 2. The topological polar surface area (TPSA) is 43.8 Å². The molecule has 0 saturated carbocycles. The Bertz CT molecular complexity index is 538. The van der Waals surface area contributed by atoms with E-state index in [-0.39, 0.29) is 0 Å². The monoisotopic (exact) mass is 229 g/mol. The zero-order chi connectivity index (χ0) is 12.6. The molecule has 1 aromatic carbocycles. The second-order valence-corrected chi connectivity index (χ2v) is 4.78. The first-order chi connectivity index (χ1) is 8.00. The van der Waals surface area contributed by atoms with Crippen molar-refractivity contribution in [2.24, 2.45) is 7.05 Å². The number of aryl methyl sites for hydroxylation is 1. The molecule has 90 valence electrons. The van der Waals surface area contributed by atoms with Crippen molar-refractivity contribution in [1.29, 1.82) is 0 Å². The highest BCUT2D eigenvalue weighted by molar-refractivity contribution is 5.74. The van der Waals surface area contributed by atoms with Crippen LogP contribution in [0.4, 0.5) is 5.69 Å². The molecule has 0 aliphatic heterocycles. The van der Waals surface area contributed by atoms with Crippen molar-refractivity contribution in [3.8, 4) is 11.1 Å². The van der Waals surface area contributed by atoms with E-state index in [2.05, 4.69) is 38.1 Å². The van der Waals surface area contributed by atoms with E-state index in [9.17, 15) is 0 Å². The van der Waals surface area contributed by atoms with Crippen LogP contribution >= 0.6 is 0 Å². The molecule has 0 saturated heterocycles. The Morgan fingerprint density at radius 2 is 1.94 bits per heavy atom. The first-order valence-electron chi connectivity index (χ1n) is 5.89. The van der Waals surface area contributed by atoms with E-state index in [1.54, 1.807) is 0 Å². The lowest BCUT2D eigenvalue weighted by Crippen LogP contribution is -1.96. The Labute approximate surface area is 102 Å². The van der Waals surface area contributed by atoms with Crippen molar-refractivity contribution in [1.82, 2.24) is 9.78 Å². The summed E-state index contributed by atoms with van der Waals surface area (Å²) in [7, 11) is 1.96. The molecule has 2 rings (SSSR count). The third-order valence-corrected chi connectivity index (χ3v) is 3.07. The highest BCUT2D eigenvalue weighted by atomic mass is 15.3. The molecule has 0 unspecified atom stereocenters. The summed E-state index contributed by atoms with van der Waals surface area (Å²) in [6.07, 6.45) is 2.07. The Kier molecular flexibility index (Phi) is 2.92. The summed E-state index contributed by atoms with van der Waals surface area (Å²) in [4.78, 5) is 0. The van der Waals surface area contributed by atoms with Gasteiger partial charge >= 0.3 is 0 Å². The molecule has 0 atom stereocenters. The Hall–Kier alpha value is -1.77. The minimum atomic E-state index is 0.409. The summed E-state index contributed by atoms with van der Waals surface area (Å²) in [5, 5.41) is 4.53. The van der Waals surface area contributed by atoms with Crippen LogP contribution in [-0.4, -0.2) is 9.78 Å². The number of nitrogen functional groups attached to an aromatic ring is 1. The molecule has 0 amide bonds. The minimum Gasteiger partial charge on any atom is -0.398 e. The van der Waals surface area contributed by atoms with E-state index in [1.165, 1.54) is 11.1 Å². The van der Waals surface area contributed by atoms with Gasteiger partial charge in [0.05, 0.1) is 5.69 Å². The van der Waals surface area contributed by atoms with Gasteiger partial charge in [0, 0.05) is 24.5 Å². The minimum absolute atomic E-state index is 0.409. The van der Waals surface area contributed by atoms with E-state index in [0.717, 1.165) is 16.9 Å².